The zero-order chi connectivity index (χ0) is 39.6. The summed E-state index contributed by atoms with van der Waals surface area (Å²) in [6.45, 7) is 0. The van der Waals surface area contributed by atoms with Gasteiger partial charge in [-0.1, -0.05) is 176 Å². The van der Waals surface area contributed by atoms with Gasteiger partial charge in [0.15, 0.2) is 11.6 Å². The Morgan fingerprint density at radius 2 is 0.750 bits per heavy atom. The maximum atomic E-state index is 5.16. The first-order chi connectivity index (χ1) is 29.7. The van der Waals surface area contributed by atoms with Gasteiger partial charge in [0, 0.05) is 38.4 Å². The molecule has 0 saturated carbocycles. The second-order valence-electron chi connectivity index (χ2n) is 15.3. The van der Waals surface area contributed by atoms with Gasteiger partial charge < -0.3 is 4.57 Å². The molecular formula is C55H35N5. The topological polar surface area (TPSA) is 48.5 Å². The average molecular weight is 766 g/mol. The van der Waals surface area contributed by atoms with Crippen molar-refractivity contribution in [2.45, 2.75) is 0 Å². The highest BCUT2D eigenvalue weighted by atomic mass is 15.2. The summed E-state index contributed by atoms with van der Waals surface area (Å²) in [7, 11) is 0. The van der Waals surface area contributed by atoms with Gasteiger partial charge in [0.1, 0.15) is 0 Å². The highest BCUT2D eigenvalue weighted by Gasteiger charge is 2.19. The number of hydrogen-bond donors (Lipinski definition) is 0. The van der Waals surface area contributed by atoms with Crippen LogP contribution in [-0.2, 0) is 0 Å². The molecule has 0 bridgehead atoms. The predicted octanol–water partition coefficient (Wildman–Crippen LogP) is 13.9. The predicted molar refractivity (Wildman–Crippen MR) is 248 cm³/mol. The summed E-state index contributed by atoms with van der Waals surface area (Å²) in [6, 6.07) is 75.3. The van der Waals surface area contributed by atoms with E-state index in [1.54, 1.807) is 0 Å². The van der Waals surface area contributed by atoms with Crippen LogP contribution in [0.1, 0.15) is 0 Å². The molecule has 60 heavy (non-hydrogen) atoms. The molecule has 0 amide bonds. The van der Waals surface area contributed by atoms with Gasteiger partial charge in [-0.05, 0) is 69.4 Å². The second-order valence-corrected chi connectivity index (χ2v) is 15.3. The van der Waals surface area contributed by atoms with Crippen molar-refractivity contribution in [1.82, 2.24) is 24.1 Å². The quantitative estimate of drug-likeness (QED) is 0.169. The van der Waals surface area contributed by atoms with Crippen molar-refractivity contribution >= 4 is 54.4 Å². The van der Waals surface area contributed by atoms with E-state index in [0.717, 1.165) is 55.3 Å². The van der Waals surface area contributed by atoms with E-state index in [9.17, 15) is 0 Å². The summed E-state index contributed by atoms with van der Waals surface area (Å²) in [5.41, 5.74) is 12.1. The molecule has 5 nitrogen and oxygen atoms in total. The van der Waals surface area contributed by atoms with Crippen LogP contribution in [0.3, 0.4) is 0 Å². The Morgan fingerprint density at radius 1 is 0.283 bits per heavy atom. The van der Waals surface area contributed by atoms with Crippen LogP contribution in [0.25, 0.3) is 111 Å². The molecule has 0 atom stereocenters. The van der Waals surface area contributed by atoms with E-state index in [4.69, 9.17) is 15.0 Å². The van der Waals surface area contributed by atoms with Crippen molar-refractivity contribution in [2.75, 3.05) is 0 Å². The lowest BCUT2D eigenvalue weighted by Crippen LogP contribution is -2.06. The van der Waals surface area contributed by atoms with Crippen molar-refractivity contribution in [1.29, 1.82) is 0 Å². The van der Waals surface area contributed by atoms with Crippen molar-refractivity contribution < 1.29 is 0 Å². The molecule has 5 heteroatoms. The smallest absolute Gasteiger partial charge is 0.238 e. The van der Waals surface area contributed by atoms with Gasteiger partial charge in [0.2, 0.25) is 5.95 Å². The summed E-state index contributed by atoms with van der Waals surface area (Å²) in [4.78, 5) is 15.3. The van der Waals surface area contributed by atoms with Crippen LogP contribution in [0.5, 0.6) is 0 Å². The fourth-order valence-corrected chi connectivity index (χ4v) is 8.96. The zero-order valence-electron chi connectivity index (χ0n) is 32.4. The molecule has 0 radical (unpaired) electrons. The number of para-hydroxylation sites is 2. The molecule has 3 aromatic heterocycles. The van der Waals surface area contributed by atoms with Crippen molar-refractivity contribution in [2.24, 2.45) is 0 Å². The first-order valence-corrected chi connectivity index (χ1v) is 20.3. The Hall–Kier alpha value is -8.15. The van der Waals surface area contributed by atoms with Crippen molar-refractivity contribution in [3.63, 3.8) is 0 Å². The Bertz CT molecular complexity index is 3520. The van der Waals surface area contributed by atoms with Gasteiger partial charge in [-0.2, -0.15) is 9.97 Å². The molecule has 0 N–H and O–H groups in total. The molecule has 0 spiro atoms. The first kappa shape index (κ1) is 33.9. The minimum Gasteiger partial charge on any atom is -0.309 e. The number of aromatic nitrogens is 5. The van der Waals surface area contributed by atoms with Gasteiger partial charge in [-0.15, -0.1) is 0 Å². The minimum atomic E-state index is 0.577. The summed E-state index contributed by atoms with van der Waals surface area (Å²) in [5.74, 6) is 1.84. The second kappa shape index (κ2) is 13.8. The zero-order valence-corrected chi connectivity index (χ0v) is 32.4. The maximum absolute atomic E-state index is 5.16. The van der Waals surface area contributed by atoms with Crippen LogP contribution >= 0.6 is 0 Å². The Balaban J connectivity index is 1.03. The molecule has 12 aromatic rings. The van der Waals surface area contributed by atoms with E-state index in [1.807, 2.05) is 60.7 Å². The largest absolute Gasteiger partial charge is 0.309 e. The van der Waals surface area contributed by atoms with Crippen LogP contribution < -0.4 is 0 Å². The number of fused-ring (bicyclic) bond motifs is 7. The van der Waals surface area contributed by atoms with Crippen LogP contribution in [0, 0.1) is 0 Å². The van der Waals surface area contributed by atoms with Gasteiger partial charge in [0.25, 0.3) is 0 Å². The number of rotatable bonds is 6. The molecule has 9 aromatic carbocycles. The summed E-state index contributed by atoms with van der Waals surface area (Å²) < 4.78 is 4.60. The van der Waals surface area contributed by atoms with E-state index in [-0.39, 0.29) is 0 Å². The Kier molecular flexibility index (Phi) is 7.78. The molecule has 0 aliphatic rings. The molecule has 0 unspecified atom stereocenters. The number of nitrogens with zero attached hydrogens (tertiary/aromatic N) is 5. The average Bonchev–Trinajstić information content (AvgIpc) is 3.84. The standard InChI is InChI=1S/C55H35N5/c1-3-15-38(16-4-1)53-56-54(39-17-5-2-6-18-39)58-55(57-53)60-50-25-12-10-22-46(50)48-33-29-41(35-52(48)60)40-28-32-47-45-21-9-11-24-49(45)59(51(47)34-40)42-30-26-37(27-31-42)44-23-13-19-36-14-7-8-20-43(36)44/h1-35H. The summed E-state index contributed by atoms with van der Waals surface area (Å²) in [6.07, 6.45) is 0. The fourth-order valence-electron chi connectivity index (χ4n) is 8.96. The normalized spacial score (nSPS) is 11.7. The van der Waals surface area contributed by atoms with E-state index in [2.05, 4.69) is 161 Å². The lowest BCUT2D eigenvalue weighted by Gasteiger charge is -2.12. The van der Waals surface area contributed by atoms with E-state index < -0.39 is 0 Å². The molecule has 12 rings (SSSR count). The van der Waals surface area contributed by atoms with Crippen LogP contribution in [0.4, 0.5) is 0 Å². The highest BCUT2D eigenvalue weighted by Crippen LogP contribution is 2.39. The molecule has 0 aliphatic heterocycles. The van der Waals surface area contributed by atoms with Gasteiger partial charge in [0.05, 0.1) is 22.1 Å². The molecular weight excluding hydrogens is 731 g/mol. The first-order valence-electron chi connectivity index (χ1n) is 20.3. The number of hydrogen-bond acceptors (Lipinski definition) is 3. The molecule has 0 saturated heterocycles. The van der Waals surface area contributed by atoms with Crippen molar-refractivity contribution in [3.8, 4) is 56.7 Å². The third-order valence-corrected chi connectivity index (χ3v) is 11.8. The highest BCUT2D eigenvalue weighted by molar-refractivity contribution is 6.12. The molecule has 0 fully saturated rings. The van der Waals surface area contributed by atoms with E-state index in [0.29, 0.717) is 17.6 Å². The summed E-state index contributed by atoms with van der Waals surface area (Å²) >= 11 is 0. The maximum Gasteiger partial charge on any atom is 0.238 e. The molecule has 3 heterocycles. The van der Waals surface area contributed by atoms with Crippen molar-refractivity contribution in [3.05, 3.63) is 212 Å². The van der Waals surface area contributed by atoms with Crippen LogP contribution in [-0.4, -0.2) is 24.1 Å². The van der Waals surface area contributed by atoms with Gasteiger partial charge in [-0.25, -0.2) is 4.98 Å². The lowest BCUT2D eigenvalue weighted by atomic mass is 9.98. The van der Waals surface area contributed by atoms with Gasteiger partial charge >= 0.3 is 0 Å². The Labute approximate surface area is 346 Å². The Morgan fingerprint density at radius 3 is 1.37 bits per heavy atom. The summed E-state index contributed by atoms with van der Waals surface area (Å²) in [5, 5.41) is 7.23. The number of benzene rings is 9. The minimum absolute atomic E-state index is 0.577. The third kappa shape index (κ3) is 5.52. The van der Waals surface area contributed by atoms with E-state index in [1.165, 1.54) is 38.2 Å². The van der Waals surface area contributed by atoms with Gasteiger partial charge in [-0.3, -0.25) is 4.57 Å². The SMILES string of the molecule is c1ccc(-c2nc(-c3ccccc3)nc(-n3c4ccccc4c4ccc(-c5ccc6c7ccccc7n(-c7ccc(-c8cccc9ccccc89)cc7)c6c5)cc43)n2)cc1. The monoisotopic (exact) mass is 765 g/mol. The molecule has 0 aliphatic carbocycles. The third-order valence-electron chi connectivity index (χ3n) is 11.8. The fraction of sp³-hybridized carbons (Fsp3) is 0. The van der Waals surface area contributed by atoms with Crippen LogP contribution in [0.15, 0.2) is 212 Å². The lowest BCUT2D eigenvalue weighted by molar-refractivity contribution is 0.953. The van der Waals surface area contributed by atoms with Crippen LogP contribution in [0.2, 0.25) is 0 Å². The molecule has 280 valence electrons. The van der Waals surface area contributed by atoms with E-state index >= 15 is 0 Å².